The minimum absolute atomic E-state index is 0.0344. The third kappa shape index (κ3) is 1.77. The monoisotopic (exact) mass is 187 g/mol. The Hall–Kier alpha value is -1.01. The van der Waals surface area contributed by atoms with E-state index in [1.807, 2.05) is 6.92 Å². The molecule has 1 rings (SSSR count). The maximum atomic E-state index is 10.4. The van der Waals surface area contributed by atoms with E-state index in [1.165, 1.54) is 0 Å². The van der Waals surface area contributed by atoms with E-state index < -0.39 is 5.97 Å². The zero-order chi connectivity index (χ0) is 9.14. The molecule has 1 aromatic heterocycles. The second-order valence-corrected chi connectivity index (χ2v) is 3.27. The van der Waals surface area contributed by atoms with E-state index in [0.717, 1.165) is 11.3 Å². The smallest absolute Gasteiger partial charge is 0.367 e. The molecule has 1 heterocycles. The third-order valence-electron chi connectivity index (χ3n) is 1.43. The van der Waals surface area contributed by atoms with Crippen LogP contribution in [0.15, 0.2) is 0 Å². The lowest BCUT2D eigenvalue weighted by Crippen LogP contribution is -2.11. The maximum absolute atomic E-state index is 10.4. The van der Waals surface area contributed by atoms with Crippen molar-refractivity contribution in [2.75, 3.05) is 7.05 Å². The van der Waals surface area contributed by atoms with Crippen molar-refractivity contribution < 1.29 is 9.90 Å². The van der Waals surface area contributed by atoms with Crippen molar-refractivity contribution in [1.82, 2.24) is 15.5 Å². The summed E-state index contributed by atoms with van der Waals surface area (Å²) in [7, 11) is 1.78. The molecule has 0 bridgehead atoms. The molecule has 2 N–H and O–H groups in total. The fourth-order valence-electron chi connectivity index (χ4n) is 0.619. The zero-order valence-corrected chi connectivity index (χ0v) is 7.55. The van der Waals surface area contributed by atoms with Crippen molar-refractivity contribution in [2.45, 2.75) is 13.0 Å². The summed E-state index contributed by atoms with van der Waals surface area (Å²) >= 11 is 1.09. The van der Waals surface area contributed by atoms with Gasteiger partial charge in [0.15, 0.2) is 0 Å². The van der Waals surface area contributed by atoms with Gasteiger partial charge in [-0.2, -0.15) is 0 Å². The highest BCUT2D eigenvalue weighted by molar-refractivity contribution is 7.13. The lowest BCUT2D eigenvalue weighted by atomic mass is 10.4. The Bertz CT molecular complexity index is 286. The first-order valence-electron chi connectivity index (χ1n) is 3.39. The zero-order valence-electron chi connectivity index (χ0n) is 6.74. The van der Waals surface area contributed by atoms with Crippen LogP contribution in [0.4, 0.5) is 0 Å². The normalized spacial score (nSPS) is 12.8. The highest BCUT2D eigenvalue weighted by Gasteiger charge is 2.13. The maximum Gasteiger partial charge on any atom is 0.367 e. The Morgan fingerprint density at radius 1 is 1.67 bits per heavy atom. The second-order valence-electron chi connectivity index (χ2n) is 2.26. The molecule has 0 aliphatic carbocycles. The molecule has 0 saturated carbocycles. The SMILES string of the molecule is CNC(C)c1nnc(C(=O)O)s1. The van der Waals surface area contributed by atoms with Crippen LogP contribution >= 0.6 is 11.3 Å². The highest BCUT2D eigenvalue weighted by Crippen LogP contribution is 2.16. The van der Waals surface area contributed by atoms with E-state index in [1.54, 1.807) is 7.05 Å². The van der Waals surface area contributed by atoms with Gasteiger partial charge in [-0.05, 0) is 14.0 Å². The molecule has 66 valence electrons. The molecule has 12 heavy (non-hydrogen) atoms. The summed E-state index contributed by atoms with van der Waals surface area (Å²) in [5.41, 5.74) is 0. The number of carbonyl (C=O) groups is 1. The minimum Gasteiger partial charge on any atom is -0.476 e. The van der Waals surface area contributed by atoms with Crippen molar-refractivity contribution in [3.05, 3.63) is 10.0 Å². The number of hydrogen-bond acceptors (Lipinski definition) is 5. The van der Waals surface area contributed by atoms with Gasteiger partial charge in [-0.3, -0.25) is 0 Å². The summed E-state index contributed by atoms with van der Waals surface area (Å²) in [4.78, 5) is 10.4. The first-order valence-corrected chi connectivity index (χ1v) is 4.20. The number of carboxylic acids is 1. The molecule has 0 spiro atoms. The minimum atomic E-state index is -1.03. The fourth-order valence-corrected chi connectivity index (χ4v) is 1.36. The summed E-state index contributed by atoms with van der Waals surface area (Å²) in [6.07, 6.45) is 0. The Labute approximate surface area is 73.4 Å². The van der Waals surface area contributed by atoms with E-state index in [0.29, 0.717) is 5.01 Å². The van der Waals surface area contributed by atoms with Crippen molar-refractivity contribution in [2.24, 2.45) is 0 Å². The Balaban J connectivity index is 2.84. The standard InChI is InChI=1S/C6H9N3O2S/c1-3(7-2)4-8-9-5(12-4)6(10)11/h3,7H,1-2H3,(H,10,11). The lowest BCUT2D eigenvalue weighted by Gasteiger charge is -2.02. The highest BCUT2D eigenvalue weighted by atomic mass is 32.1. The van der Waals surface area contributed by atoms with Crippen molar-refractivity contribution in [3.8, 4) is 0 Å². The van der Waals surface area contributed by atoms with Crippen LogP contribution < -0.4 is 5.32 Å². The van der Waals surface area contributed by atoms with E-state index in [2.05, 4.69) is 15.5 Å². The van der Waals surface area contributed by atoms with Crippen molar-refractivity contribution >= 4 is 17.3 Å². The largest absolute Gasteiger partial charge is 0.476 e. The number of carboxylic acid groups (broad SMARTS) is 1. The predicted molar refractivity (Wildman–Crippen MR) is 44.3 cm³/mol. The van der Waals surface area contributed by atoms with Gasteiger partial charge >= 0.3 is 5.97 Å². The van der Waals surface area contributed by atoms with Gasteiger partial charge in [-0.25, -0.2) is 4.79 Å². The van der Waals surface area contributed by atoms with Crippen LogP contribution in [0, 0.1) is 0 Å². The molecule has 0 aliphatic rings. The van der Waals surface area contributed by atoms with Crippen LogP contribution in [0.5, 0.6) is 0 Å². The number of rotatable bonds is 3. The van der Waals surface area contributed by atoms with Gasteiger partial charge in [-0.15, -0.1) is 10.2 Å². The third-order valence-corrected chi connectivity index (χ3v) is 2.52. The average molecular weight is 187 g/mol. The summed E-state index contributed by atoms with van der Waals surface area (Å²) in [5, 5.41) is 19.5. The van der Waals surface area contributed by atoms with Gasteiger partial charge in [0.25, 0.3) is 0 Å². The molecular weight excluding hydrogens is 178 g/mol. The number of aromatic nitrogens is 2. The molecule has 0 radical (unpaired) electrons. The topological polar surface area (TPSA) is 75.1 Å². The Morgan fingerprint density at radius 2 is 2.33 bits per heavy atom. The molecule has 5 nitrogen and oxygen atoms in total. The average Bonchev–Trinajstić information content (AvgIpc) is 2.51. The van der Waals surface area contributed by atoms with Gasteiger partial charge in [-0.1, -0.05) is 11.3 Å². The molecule has 6 heteroatoms. The van der Waals surface area contributed by atoms with Crippen molar-refractivity contribution in [1.29, 1.82) is 0 Å². The van der Waals surface area contributed by atoms with Gasteiger partial charge in [0.1, 0.15) is 5.01 Å². The Kier molecular flexibility index (Phi) is 2.72. The van der Waals surface area contributed by atoms with Crippen LogP contribution in [-0.2, 0) is 0 Å². The lowest BCUT2D eigenvalue weighted by molar-refractivity contribution is 0.0695. The fraction of sp³-hybridized carbons (Fsp3) is 0.500. The van der Waals surface area contributed by atoms with Crippen LogP contribution in [-0.4, -0.2) is 28.3 Å². The molecule has 0 amide bonds. The molecule has 0 aliphatic heterocycles. The molecule has 0 saturated heterocycles. The molecule has 0 fully saturated rings. The van der Waals surface area contributed by atoms with Crippen LogP contribution in [0.3, 0.4) is 0 Å². The number of aromatic carboxylic acids is 1. The van der Waals surface area contributed by atoms with Crippen molar-refractivity contribution in [3.63, 3.8) is 0 Å². The van der Waals surface area contributed by atoms with E-state index in [-0.39, 0.29) is 11.0 Å². The Morgan fingerprint density at radius 3 is 2.75 bits per heavy atom. The summed E-state index contributed by atoms with van der Waals surface area (Å²) in [5.74, 6) is -1.03. The number of nitrogens with one attached hydrogen (secondary N) is 1. The molecule has 1 atom stereocenters. The summed E-state index contributed by atoms with van der Waals surface area (Å²) < 4.78 is 0. The second kappa shape index (κ2) is 3.59. The molecule has 1 aromatic rings. The number of nitrogens with zero attached hydrogens (tertiary/aromatic N) is 2. The van der Waals surface area contributed by atoms with Gasteiger partial charge in [0.05, 0.1) is 6.04 Å². The molecular formula is C6H9N3O2S. The molecule has 0 aromatic carbocycles. The van der Waals surface area contributed by atoms with Crippen LogP contribution in [0.2, 0.25) is 0 Å². The summed E-state index contributed by atoms with van der Waals surface area (Å²) in [6, 6.07) is 0.0515. The van der Waals surface area contributed by atoms with Gasteiger partial charge in [0, 0.05) is 0 Å². The van der Waals surface area contributed by atoms with E-state index >= 15 is 0 Å². The van der Waals surface area contributed by atoms with Crippen LogP contribution in [0.1, 0.15) is 27.8 Å². The molecule has 1 unspecified atom stereocenters. The quantitative estimate of drug-likeness (QED) is 0.721. The first-order chi connectivity index (χ1) is 5.65. The first kappa shape index (κ1) is 9.08. The van der Waals surface area contributed by atoms with Crippen LogP contribution in [0.25, 0.3) is 0 Å². The predicted octanol–water partition coefficient (Wildman–Crippen LogP) is 0.517. The number of hydrogen-bond donors (Lipinski definition) is 2. The van der Waals surface area contributed by atoms with Gasteiger partial charge in [0.2, 0.25) is 5.01 Å². The van der Waals surface area contributed by atoms with E-state index in [4.69, 9.17) is 5.11 Å². The van der Waals surface area contributed by atoms with E-state index in [9.17, 15) is 4.79 Å². The summed E-state index contributed by atoms with van der Waals surface area (Å²) in [6.45, 7) is 1.89. The van der Waals surface area contributed by atoms with Gasteiger partial charge < -0.3 is 10.4 Å².